The normalized spacial score (nSPS) is 10.9. The van der Waals surface area contributed by atoms with Crippen molar-refractivity contribution >= 4 is 28.4 Å². The van der Waals surface area contributed by atoms with Gasteiger partial charge in [-0.05, 0) is 41.3 Å². The van der Waals surface area contributed by atoms with Gasteiger partial charge in [0, 0.05) is 11.6 Å². The number of fused-ring (bicyclic) bond motifs is 1. The molecule has 0 fully saturated rings. The summed E-state index contributed by atoms with van der Waals surface area (Å²) in [6, 6.07) is 23.2. The topological polar surface area (TPSA) is 66.1 Å². The Morgan fingerprint density at radius 1 is 1.00 bits per heavy atom. The number of carbonyl (C=O) groups excluding carboxylic acids is 1. The van der Waals surface area contributed by atoms with E-state index in [-0.39, 0.29) is 18.0 Å². The first-order chi connectivity index (χ1) is 15.5. The fourth-order valence-corrected chi connectivity index (χ4v) is 3.88. The predicted molar refractivity (Wildman–Crippen MR) is 129 cm³/mol. The van der Waals surface area contributed by atoms with Crippen LogP contribution in [0.4, 0.5) is 0 Å². The molecular formula is C26H24ClN3O2. The summed E-state index contributed by atoms with van der Waals surface area (Å²) < 4.78 is 0. The van der Waals surface area contributed by atoms with Crippen LogP contribution in [0.1, 0.15) is 24.7 Å². The van der Waals surface area contributed by atoms with Crippen molar-refractivity contribution in [3.8, 4) is 11.1 Å². The van der Waals surface area contributed by atoms with Crippen LogP contribution >= 0.6 is 11.6 Å². The maximum Gasteiger partial charge on any atom is 0.258 e. The Kier molecular flexibility index (Phi) is 6.66. The average molecular weight is 446 g/mol. The van der Waals surface area contributed by atoms with Crippen LogP contribution in [0.5, 0.6) is 0 Å². The number of H-pyrrole nitrogens is 1. The van der Waals surface area contributed by atoms with Gasteiger partial charge < -0.3 is 9.88 Å². The molecule has 4 rings (SSSR count). The van der Waals surface area contributed by atoms with Gasteiger partial charge in [0.15, 0.2) is 0 Å². The number of amides is 1. The zero-order valence-corrected chi connectivity index (χ0v) is 18.6. The van der Waals surface area contributed by atoms with Crippen LogP contribution < -0.4 is 5.56 Å². The van der Waals surface area contributed by atoms with Crippen LogP contribution in [-0.2, 0) is 17.8 Å². The SMILES string of the molecule is CCCN(Cc1nc2cc(Cl)ccc2c(=O)[nH]1)C(=O)Cc1ccc(-c2ccccc2)cc1. The number of benzene rings is 3. The predicted octanol–water partition coefficient (Wildman–Crippen LogP) is 5.22. The molecule has 32 heavy (non-hydrogen) atoms. The molecule has 1 N–H and O–H groups in total. The van der Waals surface area contributed by atoms with Gasteiger partial charge in [0.25, 0.3) is 5.56 Å². The number of hydrogen-bond donors (Lipinski definition) is 1. The standard InChI is InChI=1S/C26H24ClN3O2/c1-2-14-30(17-24-28-23-16-21(27)12-13-22(23)26(32)29-24)25(31)15-18-8-10-20(11-9-18)19-6-4-3-5-7-19/h3-13,16H,2,14-15,17H2,1H3,(H,28,29,32). The molecule has 3 aromatic carbocycles. The monoisotopic (exact) mass is 445 g/mol. The molecule has 0 aliphatic heterocycles. The first-order valence-corrected chi connectivity index (χ1v) is 11.0. The molecule has 1 amide bonds. The molecular weight excluding hydrogens is 422 g/mol. The van der Waals surface area contributed by atoms with Gasteiger partial charge in [0.05, 0.1) is 23.9 Å². The first kappa shape index (κ1) is 21.8. The fourth-order valence-electron chi connectivity index (χ4n) is 3.71. The van der Waals surface area contributed by atoms with Crippen LogP contribution in [0.25, 0.3) is 22.0 Å². The average Bonchev–Trinajstić information content (AvgIpc) is 2.79. The Bertz CT molecular complexity index is 1280. The van der Waals surface area contributed by atoms with Gasteiger partial charge in [-0.15, -0.1) is 0 Å². The Morgan fingerprint density at radius 3 is 2.44 bits per heavy atom. The minimum absolute atomic E-state index is 0.00634. The van der Waals surface area contributed by atoms with E-state index in [1.165, 1.54) is 0 Å². The lowest BCUT2D eigenvalue weighted by atomic mass is 10.0. The van der Waals surface area contributed by atoms with E-state index in [1.807, 2.05) is 49.4 Å². The van der Waals surface area contributed by atoms with Crippen molar-refractivity contribution in [1.82, 2.24) is 14.9 Å². The summed E-state index contributed by atoms with van der Waals surface area (Å²) in [6.07, 6.45) is 1.10. The largest absolute Gasteiger partial charge is 0.335 e. The Labute approximate surface area is 191 Å². The lowest BCUT2D eigenvalue weighted by molar-refractivity contribution is -0.131. The molecule has 4 aromatic rings. The van der Waals surface area contributed by atoms with Crippen molar-refractivity contribution < 1.29 is 4.79 Å². The third-order valence-electron chi connectivity index (χ3n) is 5.32. The summed E-state index contributed by atoms with van der Waals surface area (Å²) in [5, 5.41) is 0.993. The van der Waals surface area contributed by atoms with E-state index >= 15 is 0 Å². The second-order valence-electron chi connectivity index (χ2n) is 7.73. The van der Waals surface area contributed by atoms with E-state index in [2.05, 4.69) is 22.1 Å². The van der Waals surface area contributed by atoms with Gasteiger partial charge in [-0.2, -0.15) is 0 Å². The van der Waals surface area contributed by atoms with E-state index in [4.69, 9.17) is 11.6 Å². The summed E-state index contributed by atoms with van der Waals surface area (Å²) >= 11 is 6.05. The Balaban J connectivity index is 1.51. The Hall–Kier alpha value is -3.44. The third-order valence-corrected chi connectivity index (χ3v) is 5.56. The molecule has 162 valence electrons. The zero-order chi connectivity index (χ0) is 22.5. The fraction of sp³-hybridized carbons (Fsp3) is 0.192. The summed E-state index contributed by atoms with van der Waals surface area (Å²) in [5.74, 6) is 0.444. The Morgan fingerprint density at radius 2 is 1.72 bits per heavy atom. The summed E-state index contributed by atoms with van der Waals surface area (Å²) in [4.78, 5) is 34.5. The number of hydrogen-bond acceptors (Lipinski definition) is 3. The van der Waals surface area contributed by atoms with Gasteiger partial charge in [0.1, 0.15) is 5.82 Å². The molecule has 0 spiro atoms. The zero-order valence-electron chi connectivity index (χ0n) is 17.8. The summed E-state index contributed by atoms with van der Waals surface area (Å²) in [5.41, 5.74) is 3.49. The van der Waals surface area contributed by atoms with Crippen LogP contribution in [0.3, 0.4) is 0 Å². The maximum atomic E-state index is 13.0. The highest BCUT2D eigenvalue weighted by molar-refractivity contribution is 6.31. The van der Waals surface area contributed by atoms with Crippen molar-refractivity contribution in [2.24, 2.45) is 0 Å². The molecule has 1 aromatic heterocycles. The molecule has 0 unspecified atom stereocenters. The van der Waals surface area contributed by atoms with Crippen molar-refractivity contribution in [1.29, 1.82) is 0 Å². The quantitative estimate of drug-likeness (QED) is 0.424. The van der Waals surface area contributed by atoms with Gasteiger partial charge in [-0.25, -0.2) is 4.98 Å². The first-order valence-electron chi connectivity index (χ1n) is 10.6. The molecule has 0 aliphatic carbocycles. The van der Waals surface area contributed by atoms with Gasteiger partial charge in [-0.3, -0.25) is 9.59 Å². The maximum absolute atomic E-state index is 13.0. The molecule has 1 heterocycles. The summed E-state index contributed by atoms with van der Waals surface area (Å²) in [7, 11) is 0. The van der Waals surface area contributed by atoms with Gasteiger partial charge in [-0.1, -0.05) is 73.1 Å². The van der Waals surface area contributed by atoms with E-state index in [0.29, 0.717) is 34.7 Å². The minimum Gasteiger partial charge on any atom is -0.335 e. The van der Waals surface area contributed by atoms with Crippen molar-refractivity contribution in [2.75, 3.05) is 6.54 Å². The number of rotatable bonds is 7. The summed E-state index contributed by atoms with van der Waals surface area (Å²) in [6.45, 7) is 2.84. The molecule has 0 aliphatic rings. The number of nitrogens with zero attached hydrogens (tertiary/aromatic N) is 2. The molecule has 0 saturated heterocycles. The number of carbonyl (C=O) groups is 1. The highest BCUT2D eigenvalue weighted by Gasteiger charge is 2.16. The molecule has 0 bridgehead atoms. The molecule has 6 heteroatoms. The number of aromatic amines is 1. The van der Waals surface area contributed by atoms with Crippen LogP contribution in [-0.4, -0.2) is 27.3 Å². The smallest absolute Gasteiger partial charge is 0.258 e. The number of halogens is 1. The van der Waals surface area contributed by atoms with Crippen LogP contribution in [0, 0.1) is 0 Å². The van der Waals surface area contributed by atoms with Crippen LogP contribution in [0.15, 0.2) is 77.6 Å². The lowest BCUT2D eigenvalue weighted by Crippen LogP contribution is -2.34. The number of aromatic nitrogens is 2. The second kappa shape index (κ2) is 9.79. The van der Waals surface area contributed by atoms with E-state index < -0.39 is 0 Å². The van der Waals surface area contributed by atoms with E-state index in [0.717, 1.165) is 23.1 Å². The van der Waals surface area contributed by atoms with Crippen LogP contribution in [0.2, 0.25) is 5.02 Å². The highest BCUT2D eigenvalue weighted by Crippen LogP contribution is 2.20. The highest BCUT2D eigenvalue weighted by atomic mass is 35.5. The number of nitrogens with one attached hydrogen (secondary N) is 1. The molecule has 0 saturated carbocycles. The van der Waals surface area contributed by atoms with Crippen molar-refractivity contribution in [3.05, 3.63) is 99.6 Å². The molecule has 0 radical (unpaired) electrons. The van der Waals surface area contributed by atoms with E-state index in [9.17, 15) is 9.59 Å². The molecule has 5 nitrogen and oxygen atoms in total. The third kappa shape index (κ3) is 5.06. The second-order valence-corrected chi connectivity index (χ2v) is 8.17. The van der Waals surface area contributed by atoms with Crippen molar-refractivity contribution in [2.45, 2.75) is 26.3 Å². The molecule has 0 atom stereocenters. The van der Waals surface area contributed by atoms with E-state index in [1.54, 1.807) is 23.1 Å². The van der Waals surface area contributed by atoms with Crippen molar-refractivity contribution in [3.63, 3.8) is 0 Å². The van der Waals surface area contributed by atoms with Gasteiger partial charge in [0.2, 0.25) is 5.91 Å². The van der Waals surface area contributed by atoms with Gasteiger partial charge >= 0.3 is 0 Å². The minimum atomic E-state index is -0.234. The lowest BCUT2D eigenvalue weighted by Gasteiger charge is -2.22.